The molecular formula is C17H24N2O. The van der Waals surface area contributed by atoms with Crippen LogP contribution >= 0.6 is 0 Å². The Morgan fingerprint density at radius 2 is 1.50 bits per heavy atom. The number of aromatic hydroxyl groups is 1. The highest BCUT2D eigenvalue weighted by Crippen LogP contribution is 2.40. The van der Waals surface area contributed by atoms with E-state index in [1.165, 1.54) is 0 Å². The molecule has 1 aromatic rings. The van der Waals surface area contributed by atoms with E-state index in [0.29, 0.717) is 5.75 Å². The number of nitrogens with zero attached hydrogens (tertiary/aromatic N) is 1. The Morgan fingerprint density at radius 3 is 1.80 bits per heavy atom. The predicted octanol–water partition coefficient (Wildman–Crippen LogP) is 3.81. The van der Waals surface area contributed by atoms with Gasteiger partial charge in [0.15, 0.2) is 0 Å². The van der Waals surface area contributed by atoms with Crippen LogP contribution in [-0.4, -0.2) is 5.11 Å². The first-order chi connectivity index (χ1) is 8.96. The third-order valence-electron chi connectivity index (χ3n) is 3.20. The van der Waals surface area contributed by atoms with Crippen molar-refractivity contribution in [3.8, 4) is 11.8 Å². The Bertz CT molecular complexity index is 543. The molecule has 0 unspecified atom stereocenters. The SMILES string of the molecule is CC(C)(C)c1cc(/C=C(\N)C#N)cc(C(C)(C)C)c1O. The molecule has 3 nitrogen and oxygen atoms in total. The normalized spacial score (nSPS) is 13.2. The van der Waals surface area contributed by atoms with Crippen molar-refractivity contribution in [2.75, 3.05) is 0 Å². The Labute approximate surface area is 121 Å². The molecule has 0 fully saturated rings. The molecule has 108 valence electrons. The van der Waals surface area contributed by atoms with Crippen LogP contribution in [0.25, 0.3) is 6.08 Å². The Kier molecular flexibility index (Phi) is 4.19. The standard InChI is InChI=1S/C17H24N2O/c1-16(2,3)13-8-11(7-12(19)10-18)9-14(15(13)20)17(4,5)6/h7-9,20H,19H2,1-6H3/b12-7-. The number of nitrogens with two attached hydrogens (primary N) is 1. The van der Waals surface area contributed by atoms with Crippen molar-refractivity contribution in [1.82, 2.24) is 0 Å². The molecule has 1 rings (SSSR count). The summed E-state index contributed by atoms with van der Waals surface area (Å²) >= 11 is 0. The number of allylic oxidation sites excluding steroid dienone is 1. The Hall–Kier alpha value is -1.95. The van der Waals surface area contributed by atoms with Gasteiger partial charge in [-0.3, -0.25) is 0 Å². The van der Waals surface area contributed by atoms with Crippen LogP contribution in [0.3, 0.4) is 0 Å². The lowest BCUT2D eigenvalue weighted by Crippen LogP contribution is -2.17. The van der Waals surface area contributed by atoms with Gasteiger partial charge in [0, 0.05) is 11.1 Å². The van der Waals surface area contributed by atoms with Gasteiger partial charge in [0.1, 0.15) is 17.5 Å². The molecule has 0 saturated heterocycles. The topological polar surface area (TPSA) is 70.0 Å². The third kappa shape index (κ3) is 3.54. The zero-order valence-corrected chi connectivity index (χ0v) is 13.2. The monoisotopic (exact) mass is 272 g/mol. The summed E-state index contributed by atoms with van der Waals surface area (Å²) < 4.78 is 0. The van der Waals surface area contributed by atoms with Crippen LogP contribution in [0.5, 0.6) is 5.75 Å². The van der Waals surface area contributed by atoms with Gasteiger partial charge < -0.3 is 10.8 Å². The molecule has 0 atom stereocenters. The first-order valence-electron chi connectivity index (χ1n) is 6.72. The summed E-state index contributed by atoms with van der Waals surface area (Å²) in [5.74, 6) is 0.331. The molecule has 0 aliphatic carbocycles. The summed E-state index contributed by atoms with van der Waals surface area (Å²) in [5.41, 5.74) is 7.96. The predicted molar refractivity (Wildman–Crippen MR) is 83.3 cm³/mol. The lowest BCUT2D eigenvalue weighted by molar-refractivity contribution is 0.423. The molecule has 0 aliphatic heterocycles. The second-order valence-electron chi connectivity index (χ2n) is 7.18. The maximum Gasteiger partial charge on any atom is 0.123 e. The summed E-state index contributed by atoms with van der Waals surface area (Å²) in [6, 6.07) is 5.72. The van der Waals surface area contributed by atoms with Gasteiger partial charge in [0.25, 0.3) is 0 Å². The van der Waals surface area contributed by atoms with Crippen molar-refractivity contribution in [1.29, 1.82) is 5.26 Å². The molecule has 0 heterocycles. The fraction of sp³-hybridized carbons (Fsp3) is 0.471. The highest BCUT2D eigenvalue weighted by atomic mass is 16.3. The van der Waals surface area contributed by atoms with E-state index in [0.717, 1.165) is 16.7 Å². The number of rotatable bonds is 1. The first kappa shape index (κ1) is 16.1. The minimum Gasteiger partial charge on any atom is -0.507 e. The smallest absolute Gasteiger partial charge is 0.123 e. The van der Waals surface area contributed by atoms with Crippen molar-refractivity contribution < 1.29 is 5.11 Å². The lowest BCUT2D eigenvalue weighted by atomic mass is 9.78. The van der Waals surface area contributed by atoms with Crippen LogP contribution in [0.2, 0.25) is 0 Å². The molecule has 0 radical (unpaired) electrons. The second-order valence-corrected chi connectivity index (χ2v) is 7.18. The Balaban J connectivity index is 3.64. The van der Waals surface area contributed by atoms with Gasteiger partial charge in [-0.05, 0) is 34.6 Å². The van der Waals surface area contributed by atoms with Gasteiger partial charge in [0.2, 0.25) is 0 Å². The van der Waals surface area contributed by atoms with Crippen molar-refractivity contribution in [2.45, 2.75) is 52.4 Å². The highest BCUT2D eigenvalue weighted by Gasteiger charge is 2.26. The number of phenolic OH excluding ortho intramolecular Hbond substituents is 1. The maximum atomic E-state index is 10.6. The molecule has 20 heavy (non-hydrogen) atoms. The summed E-state index contributed by atoms with van der Waals surface area (Å²) in [4.78, 5) is 0. The van der Waals surface area contributed by atoms with Crippen LogP contribution < -0.4 is 5.73 Å². The summed E-state index contributed by atoms with van der Waals surface area (Å²) in [7, 11) is 0. The summed E-state index contributed by atoms with van der Waals surface area (Å²) in [6.45, 7) is 12.3. The second kappa shape index (κ2) is 5.20. The van der Waals surface area contributed by atoms with Crippen molar-refractivity contribution >= 4 is 6.08 Å². The quantitative estimate of drug-likeness (QED) is 0.764. The van der Waals surface area contributed by atoms with Crippen molar-refractivity contribution in [2.24, 2.45) is 5.73 Å². The van der Waals surface area contributed by atoms with E-state index in [1.54, 1.807) is 6.08 Å². The molecule has 3 heteroatoms. The van der Waals surface area contributed by atoms with E-state index in [2.05, 4.69) is 41.5 Å². The van der Waals surface area contributed by atoms with Crippen LogP contribution in [-0.2, 0) is 10.8 Å². The lowest BCUT2D eigenvalue weighted by Gasteiger charge is -2.27. The fourth-order valence-corrected chi connectivity index (χ4v) is 2.10. The molecule has 3 N–H and O–H groups in total. The van der Waals surface area contributed by atoms with Gasteiger partial charge in [-0.1, -0.05) is 41.5 Å². The van der Waals surface area contributed by atoms with E-state index in [-0.39, 0.29) is 16.5 Å². The van der Waals surface area contributed by atoms with Gasteiger partial charge in [-0.15, -0.1) is 0 Å². The van der Waals surface area contributed by atoms with Gasteiger partial charge in [-0.25, -0.2) is 0 Å². The molecule has 0 aromatic heterocycles. The highest BCUT2D eigenvalue weighted by molar-refractivity contribution is 5.62. The minimum atomic E-state index is -0.185. The maximum absolute atomic E-state index is 10.6. The number of hydrogen-bond donors (Lipinski definition) is 2. The first-order valence-corrected chi connectivity index (χ1v) is 6.72. The van der Waals surface area contributed by atoms with Crippen LogP contribution in [0.4, 0.5) is 0 Å². The van der Waals surface area contributed by atoms with E-state index < -0.39 is 0 Å². The van der Waals surface area contributed by atoms with Crippen LogP contribution in [0.1, 0.15) is 58.2 Å². The van der Waals surface area contributed by atoms with Crippen molar-refractivity contribution in [3.63, 3.8) is 0 Å². The fourth-order valence-electron chi connectivity index (χ4n) is 2.10. The zero-order valence-electron chi connectivity index (χ0n) is 13.2. The average Bonchev–Trinajstić information content (AvgIpc) is 2.28. The minimum absolute atomic E-state index is 0.162. The van der Waals surface area contributed by atoms with Crippen LogP contribution in [0.15, 0.2) is 17.8 Å². The van der Waals surface area contributed by atoms with E-state index in [4.69, 9.17) is 11.0 Å². The Morgan fingerprint density at radius 1 is 1.10 bits per heavy atom. The molecule has 0 aliphatic rings. The van der Waals surface area contributed by atoms with Gasteiger partial charge in [0.05, 0.1) is 0 Å². The summed E-state index contributed by atoms with van der Waals surface area (Å²) in [5, 5.41) is 19.4. The van der Waals surface area contributed by atoms with Crippen LogP contribution in [0, 0.1) is 11.3 Å². The number of benzene rings is 1. The largest absolute Gasteiger partial charge is 0.507 e. The van der Waals surface area contributed by atoms with Gasteiger partial charge >= 0.3 is 0 Å². The number of phenols is 1. The number of hydrogen-bond acceptors (Lipinski definition) is 3. The molecule has 1 aromatic carbocycles. The molecule has 0 bridgehead atoms. The average molecular weight is 272 g/mol. The third-order valence-corrected chi connectivity index (χ3v) is 3.20. The molecular weight excluding hydrogens is 248 g/mol. The van der Waals surface area contributed by atoms with Crippen molar-refractivity contribution in [3.05, 3.63) is 34.5 Å². The zero-order chi connectivity index (χ0) is 15.7. The van der Waals surface area contributed by atoms with E-state index in [1.807, 2.05) is 18.2 Å². The molecule has 0 spiro atoms. The van der Waals surface area contributed by atoms with E-state index >= 15 is 0 Å². The summed E-state index contributed by atoms with van der Waals surface area (Å²) in [6.07, 6.45) is 1.64. The molecule has 0 saturated carbocycles. The number of nitriles is 1. The van der Waals surface area contributed by atoms with Gasteiger partial charge in [-0.2, -0.15) is 5.26 Å². The molecule has 0 amide bonds. The van der Waals surface area contributed by atoms with E-state index in [9.17, 15) is 5.11 Å².